The summed E-state index contributed by atoms with van der Waals surface area (Å²) in [5.41, 5.74) is 0.571. The van der Waals surface area contributed by atoms with Crippen LogP contribution in [-0.4, -0.2) is 25.5 Å². The minimum atomic E-state index is -3.45. The second-order valence-corrected chi connectivity index (χ2v) is 6.62. The van der Waals surface area contributed by atoms with Crippen molar-refractivity contribution < 1.29 is 18.3 Å². The fourth-order valence-corrected chi connectivity index (χ4v) is 3.63. The SMILES string of the molecule is O=C(O)c1cccc(CS(=O)(=O)NC2CC=CCC2)c1. The van der Waals surface area contributed by atoms with Gasteiger partial charge in [0.1, 0.15) is 0 Å². The number of carbonyl (C=O) groups is 1. The monoisotopic (exact) mass is 295 g/mol. The highest BCUT2D eigenvalue weighted by atomic mass is 32.2. The number of benzene rings is 1. The third-order valence-electron chi connectivity index (χ3n) is 3.15. The number of nitrogens with one attached hydrogen (secondary N) is 1. The van der Waals surface area contributed by atoms with Crippen LogP contribution in [0.25, 0.3) is 0 Å². The molecule has 0 fully saturated rings. The van der Waals surface area contributed by atoms with E-state index in [2.05, 4.69) is 4.72 Å². The average Bonchev–Trinajstić information content (AvgIpc) is 2.39. The molecule has 0 amide bonds. The van der Waals surface area contributed by atoms with Crippen LogP contribution in [-0.2, 0) is 15.8 Å². The minimum Gasteiger partial charge on any atom is -0.478 e. The number of hydrogen-bond acceptors (Lipinski definition) is 3. The molecule has 1 unspecified atom stereocenters. The summed E-state index contributed by atoms with van der Waals surface area (Å²) in [6, 6.07) is 5.94. The van der Waals surface area contributed by atoms with Gasteiger partial charge in [-0.25, -0.2) is 17.9 Å². The Balaban J connectivity index is 2.05. The van der Waals surface area contributed by atoms with Crippen LogP contribution >= 0.6 is 0 Å². The first-order chi connectivity index (χ1) is 9.46. The summed E-state index contributed by atoms with van der Waals surface area (Å²) in [5, 5.41) is 8.90. The Morgan fingerprint density at radius 3 is 2.80 bits per heavy atom. The summed E-state index contributed by atoms with van der Waals surface area (Å²) in [7, 11) is -3.45. The summed E-state index contributed by atoms with van der Waals surface area (Å²) in [6.45, 7) is 0. The maximum atomic E-state index is 12.1. The molecule has 1 aliphatic rings. The van der Waals surface area contributed by atoms with Crippen molar-refractivity contribution in [2.24, 2.45) is 0 Å². The molecule has 1 aliphatic carbocycles. The molecule has 1 aromatic rings. The van der Waals surface area contributed by atoms with Crippen LogP contribution in [0.1, 0.15) is 35.2 Å². The number of sulfonamides is 1. The van der Waals surface area contributed by atoms with Gasteiger partial charge in [0, 0.05) is 6.04 Å². The van der Waals surface area contributed by atoms with Gasteiger partial charge >= 0.3 is 5.97 Å². The van der Waals surface area contributed by atoms with Gasteiger partial charge in [-0.05, 0) is 37.0 Å². The second kappa shape index (κ2) is 6.19. The van der Waals surface area contributed by atoms with Gasteiger partial charge in [0.25, 0.3) is 0 Å². The predicted octanol–water partition coefficient (Wildman–Crippen LogP) is 1.91. The van der Waals surface area contributed by atoms with E-state index in [1.165, 1.54) is 12.1 Å². The highest BCUT2D eigenvalue weighted by Gasteiger charge is 2.19. The number of rotatable bonds is 5. The first-order valence-corrected chi connectivity index (χ1v) is 8.09. The zero-order valence-electron chi connectivity index (χ0n) is 11.0. The Hall–Kier alpha value is -1.66. The third-order valence-corrected chi connectivity index (χ3v) is 4.55. The summed E-state index contributed by atoms with van der Waals surface area (Å²) in [5.74, 6) is -1.26. The van der Waals surface area contributed by atoms with Gasteiger partial charge < -0.3 is 5.11 Å². The Labute approximate surface area is 118 Å². The zero-order valence-corrected chi connectivity index (χ0v) is 11.8. The van der Waals surface area contributed by atoms with E-state index in [0.29, 0.717) is 12.0 Å². The van der Waals surface area contributed by atoms with Crippen LogP contribution in [0.5, 0.6) is 0 Å². The maximum Gasteiger partial charge on any atom is 0.335 e. The van der Waals surface area contributed by atoms with Crippen molar-refractivity contribution in [3.63, 3.8) is 0 Å². The highest BCUT2D eigenvalue weighted by Crippen LogP contribution is 2.14. The summed E-state index contributed by atoms with van der Waals surface area (Å²) >= 11 is 0. The fourth-order valence-electron chi connectivity index (χ4n) is 2.21. The van der Waals surface area contributed by atoms with Gasteiger partial charge in [-0.1, -0.05) is 24.3 Å². The lowest BCUT2D eigenvalue weighted by Gasteiger charge is -2.19. The fraction of sp³-hybridized carbons (Fsp3) is 0.357. The van der Waals surface area contributed by atoms with Gasteiger partial charge in [0.2, 0.25) is 10.0 Å². The number of aromatic carboxylic acids is 1. The number of carboxylic acids is 1. The van der Waals surface area contributed by atoms with Crippen LogP contribution < -0.4 is 4.72 Å². The molecule has 2 N–H and O–H groups in total. The van der Waals surface area contributed by atoms with E-state index in [1.54, 1.807) is 12.1 Å². The third kappa shape index (κ3) is 4.18. The molecule has 1 atom stereocenters. The number of allylic oxidation sites excluding steroid dienone is 1. The summed E-state index contributed by atoms with van der Waals surface area (Å²) in [4.78, 5) is 10.9. The largest absolute Gasteiger partial charge is 0.478 e. The quantitative estimate of drug-likeness (QED) is 0.813. The predicted molar refractivity (Wildman–Crippen MR) is 75.9 cm³/mol. The van der Waals surface area contributed by atoms with Crippen LogP contribution in [0.2, 0.25) is 0 Å². The molecule has 0 saturated heterocycles. The molecule has 6 heteroatoms. The van der Waals surface area contributed by atoms with E-state index >= 15 is 0 Å². The highest BCUT2D eigenvalue weighted by molar-refractivity contribution is 7.88. The second-order valence-electron chi connectivity index (χ2n) is 4.86. The Kier molecular flexibility index (Phi) is 4.57. The van der Waals surface area contributed by atoms with E-state index in [4.69, 9.17) is 5.11 Å². The standard InChI is InChI=1S/C14H17NO4S/c16-14(17)12-6-4-5-11(9-12)10-20(18,19)15-13-7-2-1-3-8-13/h1-2,4-6,9,13,15H,3,7-8,10H2,(H,16,17). The lowest BCUT2D eigenvalue weighted by Crippen LogP contribution is -2.36. The minimum absolute atomic E-state index is 0.0624. The maximum absolute atomic E-state index is 12.1. The first kappa shape index (κ1) is 14.7. The van der Waals surface area contributed by atoms with E-state index in [0.717, 1.165) is 12.8 Å². The van der Waals surface area contributed by atoms with Crippen molar-refractivity contribution in [1.82, 2.24) is 4.72 Å². The van der Waals surface area contributed by atoms with Crippen molar-refractivity contribution in [1.29, 1.82) is 0 Å². The molecular weight excluding hydrogens is 278 g/mol. The van der Waals surface area contributed by atoms with Gasteiger partial charge in [0.15, 0.2) is 0 Å². The van der Waals surface area contributed by atoms with Crippen LogP contribution in [0.3, 0.4) is 0 Å². The molecule has 0 bridgehead atoms. The first-order valence-electron chi connectivity index (χ1n) is 6.43. The molecule has 0 saturated carbocycles. The average molecular weight is 295 g/mol. The van der Waals surface area contributed by atoms with Crippen LogP contribution in [0.4, 0.5) is 0 Å². The summed E-state index contributed by atoms with van der Waals surface area (Å²) in [6.07, 6.45) is 6.39. The Morgan fingerprint density at radius 2 is 2.15 bits per heavy atom. The Morgan fingerprint density at radius 1 is 1.35 bits per heavy atom. The molecule has 0 aromatic heterocycles. The molecule has 5 nitrogen and oxygen atoms in total. The van der Waals surface area contributed by atoms with Gasteiger partial charge in [-0.15, -0.1) is 0 Å². The van der Waals surface area contributed by atoms with Crippen molar-refractivity contribution in [2.75, 3.05) is 0 Å². The van der Waals surface area contributed by atoms with Gasteiger partial charge in [-0.2, -0.15) is 0 Å². The topological polar surface area (TPSA) is 83.5 Å². The van der Waals surface area contributed by atoms with Crippen molar-refractivity contribution in [3.05, 3.63) is 47.5 Å². The lowest BCUT2D eigenvalue weighted by molar-refractivity contribution is 0.0696. The molecule has 108 valence electrons. The number of carboxylic acid groups (broad SMARTS) is 1. The molecule has 20 heavy (non-hydrogen) atoms. The van der Waals surface area contributed by atoms with E-state index in [-0.39, 0.29) is 17.4 Å². The van der Waals surface area contributed by atoms with Crippen LogP contribution in [0, 0.1) is 0 Å². The van der Waals surface area contributed by atoms with Crippen molar-refractivity contribution >= 4 is 16.0 Å². The Bertz CT molecular complexity index is 622. The van der Waals surface area contributed by atoms with E-state index in [1.807, 2.05) is 12.2 Å². The molecule has 0 spiro atoms. The summed E-state index contributed by atoms with van der Waals surface area (Å²) < 4.78 is 26.8. The smallest absolute Gasteiger partial charge is 0.335 e. The number of hydrogen-bond donors (Lipinski definition) is 2. The molecule has 1 aromatic carbocycles. The molecular formula is C14H17NO4S. The normalized spacial score (nSPS) is 18.9. The lowest BCUT2D eigenvalue weighted by atomic mass is 10.0. The molecule has 0 aliphatic heterocycles. The van der Waals surface area contributed by atoms with Gasteiger partial charge in [-0.3, -0.25) is 0 Å². The van der Waals surface area contributed by atoms with E-state index < -0.39 is 16.0 Å². The van der Waals surface area contributed by atoms with Crippen LogP contribution in [0.15, 0.2) is 36.4 Å². The van der Waals surface area contributed by atoms with Crippen molar-refractivity contribution in [3.8, 4) is 0 Å². The molecule has 2 rings (SSSR count). The molecule has 0 radical (unpaired) electrons. The van der Waals surface area contributed by atoms with Gasteiger partial charge in [0.05, 0.1) is 11.3 Å². The van der Waals surface area contributed by atoms with Crippen molar-refractivity contribution in [2.45, 2.75) is 31.1 Å². The zero-order chi connectivity index (χ0) is 14.6. The molecule has 0 heterocycles. The van der Waals surface area contributed by atoms with E-state index in [9.17, 15) is 13.2 Å².